The minimum absolute atomic E-state index is 0.0147. The predicted molar refractivity (Wildman–Crippen MR) is 144 cm³/mol. The monoisotopic (exact) mass is 485 g/mol. The molecule has 0 spiro atoms. The van der Waals surface area contributed by atoms with Crippen LogP contribution in [0.3, 0.4) is 0 Å². The molecule has 2 heterocycles. The van der Waals surface area contributed by atoms with Gasteiger partial charge in [-0.15, -0.1) is 11.3 Å². The Kier molecular flexibility index (Phi) is 7.16. The van der Waals surface area contributed by atoms with Gasteiger partial charge < -0.3 is 9.47 Å². The Labute approximate surface area is 211 Å². The first-order chi connectivity index (χ1) is 17.1. The smallest absolute Gasteiger partial charge is 0.195 e. The van der Waals surface area contributed by atoms with Gasteiger partial charge in [0.15, 0.2) is 5.78 Å². The average molecular weight is 486 g/mol. The number of likely N-dealkylation sites (tertiary alicyclic amines) is 1. The van der Waals surface area contributed by atoms with E-state index < -0.39 is 0 Å². The number of rotatable bonds is 8. The Morgan fingerprint density at radius 1 is 0.971 bits per heavy atom. The summed E-state index contributed by atoms with van der Waals surface area (Å²) in [5.41, 5.74) is 3.50. The normalized spacial score (nSPS) is 14.2. The zero-order valence-corrected chi connectivity index (χ0v) is 21.2. The van der Waals surface area contributed by atoms with Crippen molar-refractivity contribution in [3.8, 4) is 21.9 Å². The van der Waals surface area contributed by atoms with Gasteiger partial charge in [0.25, 0.3) is 0 Å². The summed E-state index contributed by atoms with van der Waals surface area (Å²) >= 11 is 1.64. The molecule has 5 heteroatoms. The van der Waals surface area contributed by atoms with Crippen molar-refractivity contribution in [2.45, 2.75) is 26.2 Å². The molecule has 4 aromatic rings. The molecule has 5 rings (SSSR count). The Hall–Kier alpha value is -3.15. The third-order valence-electron chi connectivity index (χ3n) is 6.67. The molecule has 0 radical (unpaired) electrons. The lowest BCUT2D eigenvalue weighted by atomic mass is 9.97. The molecule has 1 fully saturated rings. The quantitative estimate of drug-likeness (QED) is 0.252. The van der Waals surface area contributed by atoms with Gasteiger partial charge in [-0.05, 0) is 80.9 Å². The number of methoxy groups -OCH3 is 1. The van der Waals surface area contributed by atoms with Gasteiger partial charge in [0.05, 0.1) is 12.0 Å². The molecule has 0 aliphatic carbocycles. The second kappa shape index (κ2) is 10.6. The van der Waals surface area contributed by atoms with Gasteiger partial charge in [-0.1, -0.05) is 30.7 Å². The maximum atomic E-state index is 13.9. The molecule has 4 nitrogen and oxygen atoms in total. The van der Waals surface area contributed by atoms with Crippen LogP contribution in [0.15, 0.2) is 66.7 Å². The van der Waals surface area contributed by atoms with Crippen LogP contribution in [0, 0.1) is 6.92 Å². The minimum Gasteiger partial charge on any atom is -0.496 e. The number of piperidine rings is 1. The van der Waals surface area contributed by atoms with Crippen LogP contribution in [0.2, 0.25) is 0 Å². The van der Waals surface area contributed by atoms with E-state index in [-0.39, 0.29) is 5.78 Å². The first-order valence-electron chi connectivity index (χ1n) is 12.3. The van der Waals surface area contributed by atoms with E-state index in [1.54, 1.807) is 18.4 Å². The molecule has 0 amide bonds. The van der Waals surface area contributed by atoms with Gasteiger partial charge in [0, 0.05) is 33.3 Å². The molecular formula is C30H31NO3S. The highest BCUT2D eigenvalue weighted by Gasteiger charge is 2.23. The lowest BCUT2D eigenvalue weighted by molar-refractivity contribution is 0.104. The highest BCUT2D eigenvalue weighted by Crippen LogP contribution is 2.43. The minimum atomic E-state index is 0.0147. The van der Waals surface area contributed by atoms with Gasteiger partial charge in [0.2, 0.25) is 0 Å². The molecule has 1 saturated heterocycles. The molecule has 1 aliphatic heterocycles. The van der Waals surface area contributed by atoms with E-state index in [9.17, 15) is 4.79 Å². The van der Waals surface area contributed by atoms with Crippen molar-refractivity contribution in [2.24, 2.45) is 0 Å². The maximum Gasteiger partial charge on any atom is 0.195 e. The van der Waals surface area contributed by atoms with Gasteiger partial charge in [-0.3, -0.25) is 9.69 Å². The van der Waals surface area contributed by atoms with Gasteiger partial charge >= 0.3 is 0 Å². The number of carbonyl (C=O) groups is 1. The zero-order chi connectivity index (χ0) is 24.2. The van der Waals surface area contributed by atoms with Crippen LogP contribution in [0.1, 0.15) is 40.7 Å². The third kappa shape index (κ3) is 5.12. The van der Waals surface area contributed by atoms with Crippen molar-refractivity contribution in [3.63, 3.8) is 0 Å². The highest BCUT2D eigenvalue weighted by molar-refractivity contribution is 7.22. The van der Waals surface area contributed by atoms with Crippen molar-refractivity contribution in [2.75, 3.05) is 33.4 Å². The molecule has 0 unspecified atom stereocenters. The Morgan fingerprint density at radius 3 is 2.51 bits per heavy atom. The number of benzene rings is 3. The Bertz CT molecular complexity index is 1320. The number of aryl methyl sites for hydroxylation is 1. The summed E-state index contributed by atoms with van der Waals surface area (Å²) < 4.78 is 12.7. The van der Waals surface area contributed by atoms with E-state index in [2.05, 4.69) is 30.0 Å². The van der Waals surface area contributed by atoms with Crippen LogP contribution in [0.4, 0.5) is 0 Å². The molecule has 0 N–H and O–H groups in total. The molecule has 3 aromatic carbocycles. The van der Waals surface area contributed by atoms with E-state index in [4.69, 9.17) is 9.47 Å². The van der Waals surface area contributed by atoms with E-state index in [0.29, 0.717) is 12.2 Å². The molecule has 35 heavy (non-hydrogen) atoms. The number of carbonyl (C=O) groups excluding carboxylic acids is 1. The van der Waals surface area contributed by atoms with E-state index >= 15 is 0 Å². The zero-order valence-electron chi connectivity index (χ0n) is 20.4. The number of nitrogens with zero attached hydrogens (tertiary/aromatic N) is 1. The number of thiophene rings is 1. The average Bonchev–Trinajstić information content (AvgIpc) is 3.27. The third-order valence-corrected chi connectivity index (χ3v) is 7.85. The fraction of sp³-hybridized carbons (Fsp3) is 0.300. The number of hydrogen-bond acceptors (Lipinski definition) is 5. The van der Waals surface area contributed by atoms with Crippen LogP contribution in [0.5, 0.6) is 11.5 Å². The largest absolute Gasteiger partial charge is 0.496 e. The van der Waals surface area contributed by atoms with Crippen LogP contribution in [0.25, 0.3) is 20.5 Å². The first-order valence-corrected chi connectivity index (χ1v) is 13.1. The lowest BCUT2D eigenvalue weighted by Crippen LogP contribution is -2.33. The molecule has 0 atom stereocenters. The highest BCUT2D eigenvalue weighted by atomic mass is 32.1. The second-order valence-corrected chi connectivity index (χ2v) is 10.2. The van der Waals surface area contributed by atoms with E-state index in [0.717, 1.165) is 44.1 Å². The molecule has 1 aliphatic rings. The summed E-state index contributed by atoms with van der Waals surface area (Å²) in [6.07, 6.45) is 3.90. The van der Waals surface area contributed by atoms with E-state index in [1.807, 2.05) is 48.5 Å². The van der Waals surface area contributed by atoms with Crippen LogP contribution >= 0.6 is 11.3 Å². The lowest BCUT2D eigenvalue weighted by Gasteiger charge is -2.26. The van der Waals surface area contributed by atoms with Crippen LogP contribution in [-0.2, 0) is 0 Å². The molecule has 1 aromatic heterocycles. The summed E-state index contributed by atoms with van der Waals surface area (Å²) in [5, 5.41) is 0.980. The maximum absolute atomic E-state index is 13.9. The fourth-order valence-corrected chi connectivity index (χ4v) is 6.10. The summed E-state index contributed by atoms with van der Waals surface area (Å²) in [6, 6.07) is 21.7. The SMILES string of the molecule is COc1ccccc1-c1sc2cc(C)ccc2c1C(=O)c1ccc(OCCN2CCCCC2)cc1. The molecule has 0 bridgehead atoms. The number of hydrogen-bond donors (Lipinski definition) is 0. The fourth-order valence-electron chi connectivity index (χ4n) is 4.77. The van der Waals surface area contributed by atoms with Crippen molar-refractivity contribution < 1.29 is 14.3 Å². The summed E-state index contributed by atoms with van der Waals surface area (Å²) in [7, 11) is 1.67. The van der Waals surface area contributed by atoms with Gasteiger partial charge in [0.1, 0.15) is 18.1 Å². The van der Waals surface area contributed by atoms with Crippen molar-refractivity contribution in [1.29, 1.82) is 0 Å². The van der Waals surface area contributed by atoms with Gasteiger partial charge in [-0.2, -0.15) is 0 Å². The van der Waals surface area contributed by atoms with Crippen LogP contribution < -0.4 is 9.47 Å². The number of para-hydroxylation sites is 1. The van der Waals surface area contributed by atoms with Crippen molar-refractivity contribution in [1.82, 2.24) is 4.90 Å². The standard InChI is InChI=1S/C30H31NO3S/c1-21-10-15-25-27(20-21)35-30(24-8-4-5-9-26(24)33-2)28(25)29(32)22-11-13-23(14-12-22)34-19-18-31-16-6-3-7-17-31/h4-5,8-15,20H,3,6-7,16-19H2,1-2H3. The molecular weight excluding hydrogens is 454 g/mol. The summed E-state index contributed by atoms with van der Waals surface area (Å²) in [5.74, 6) is 1.58. The number of ether oxygens (including phenoxy) is 2. The first kappa shape index (κ1) is 23.6. The molecule has 180 valence electrons. The van der Waals surface area contributed by atoms with Crippen LogP contribution in [-0.4, -0.2) is 44.0 Å². The predicted octanol–water partition coefficient (Wildman–Crippen LogP) is 6.98. The number of fused-ring (bicyclic) bond motifs is 1. The number of ketones is 1. The van der Waals surface area contributed by atoms with Crippen molar-refractivity contribution >= 4 is 27.2 Å². The van der Waals surface area contributed by atoms with Crippen molar-refractivity contribution in [3.05, 3.63) is 83.4 Å². The molecule has 0 saturated carbocycles. The Morgan fingerprint density at radius 2 is 1.74 bits per heavy atom. The summed E-state index contributed by atoms with van der Waals surface area (Å²) in [4.78, 5) is 17.3. The second-order valence-electron chi connectivity index (χ2n) is 9.11. The topological polar surface area (TPSA) is 38.8 Å². The Balaban J connectivity index is 1.42. The van der Waals surface area contributed by atoms with Gasteiger partial charge in [-0.25, -0.2) is 0 Å². The summed E-state index contributed by atoms with van der Waals surface area (Å²) in [6.45, 7) is 6.02. The van der Waals surface area contributed by atoms with E-state index in [1.165, 1.54) is 37.9 Å².